The second-order valence-electron chi connectivity index (χ2n) is 9.06. The monoisotopic (exact) mass is 446 g/mol. The van der Waals surface area contributed by atoms with Crippen LogP contribution >= 0.6 is 0 Å². The van der Waals surface area contributed by atoms with E-state index in [-0.39, 0.29) is 0 Å². The van der Waals surface area contributed by atoms with Crippen LogP contribution in [-0.4, -0.2) is 57.5 Å². The number of hydrogen-bond donors (Lipinski definition) is 0. The third kappa shape index (κ3) is 3.33. The van der Waals surface area contributed by atoms with Gasteiger partial charge in [0.2, 0.25) is 0 Å². The number of rotatable bonds is 3. The molecule has 2 aromatic carbocycles. The van der Waals surface area contributed by atoms with Crippen molar-refractivity contribution in [2.24, 2.45) is 0 Å². The van der Waals surface area contributed by atoms with Crippen LogP contribution in [0.5, 0.6) is 0 Å². The first-order chi connectivity index (χ1) is 16.0. The van der Waals surface area contributed by atoms with Crippen LogP contribution in [-0.2, 0) is 6.54 Å². The van der Waals surface area contributed by atoms with Crippen molar-refractivity contribution in [2.75, 3.05) is 32.1 Å². The standard InChI is InChI=1S/C25H24F2N6/c1-30(2)20-7-8-31(14-20)19-4-6-23-17(9-19)13-32-12-16(21-5-3-18(26)11-22(21)27)10-24(32)25-29-28-15-33(23)25/h3-6,9-12,15,20H,7-8,13-14H2,1-2H3/t20-/m1/s1. The molecule has 0 saturated carbocycles. The van der Waals surface area contributed by atoms with Crippen molar-refractivity contribution in [2.45, 2.75) is 19.0 Å². The number of hydrogen-bond acceptors (Lipinski definition) is 4. The zero-order valence-corrected chi connectivity index (χ0v) is 18.5. The molecule has 1 saturated heterocycles. The Morgan fingerprint density at radius 1 is 1.06 bits per heavy atom. The lowest BCUT2D eigenvalue weighted by Crippen LogP contribution is -2.31. The zero-order chi connectivity index (χ0) is 22.7. The topological polar surface area (TPSA) is 42.1 Å². The average Bonchev–Trinajstić information content (AvgIpc) is 3.52. The summed E-state index contributed by atoms with van der Waals surface area (Å²) in [7, 11) is 4.27. The highest BCUT2D eigenvalue weighted by Crippen LogP contribution is 2.36. The molecule has 2 aromatic heterocycles. The highest BCUT2D eigenvalue weighted by molar-refractivity contribution is 5.72. The fourth-order valence-electron chi connectivity index (χ4n) is 5.00. The molecule has 0 spiro atoms. The maximum Gasteiger partial charge on any atom is 0.185 e. The molecular formula is C25H24F2N6. The summed E-state index contributed by atoms with van der Waals surface area (Å²) in [6.45, 7) is 2.66. The number of halogens is 2. The summed E-state index contributed by atoms with van der Waals surface area (Å²) in [5.74, 6) is -0.467. The minimum Gasteiger partial charge on any atom is -0.370 e. The zero-order valence-electron chi connectivity index (χ0n) is 18.5. The normalized spacial score (nSPS) is 17.1. The van der Waals surface area contributed by atoms with Crippen molar-refractivity contribution in [3.05, 3.63) is 72.2 Å². The Bertz CT molecular complexity index is 1350. The van der Waals surface area contributed by atoms with Crippen molar-refractivity contribution in [1.82, 2.24) is 24.2 Å². The summed E-state index contributed by atoms with van der Waals surface area (Å²) in [6.07, 6.45) is 4.77. The van der Waals surface area contributed by atoms with E-state index < -0.39 is 11.6 Å². The lowest BCUT2D eigenvalue weighted by molar-refractivity contribution is 0.315. The van der Waals surface area contributed by atoms with E-state index in [1.165, 1.54) is 17.8 Å². The first kappa shape index (κ1) is 20.1. The summed E-state index contributed by atoms with van der Waals surface area (Å²) in [6, 6.07) is 12.7. The van der Waals surface area contributed by atoms with E-state index in [2.05, 4.69) is 56.9 Å². The van der Waals surface area contributed by atoms with Crippen LogP contribution in [0.25, 0.3) is 28.3 Å². The molecule has 1 fully saturated rings. The van der Waals surface area contributed by atoms with Crippen LogP contribution in [0.4, 0.5) is 14.5 Å². The SMILES string of the molecule is CN(C)[C@@H]1CCN(c2ccc3c(c2)Cn2cc(-c4ccc(F)cc4F)cc2-c2nncn2-3)C1. The molecule has 168 valence electrons. The maximum absolute atomic E-state index is 14.5. The minimum atomic E-state index is -0.586. The van der Waals surface area contributed by atoms with Crippen molar-refractivity contribution in [1.29, 1.82) is 0 Å². The summed E-state index contributed by atoms with van der Waals surface area (Å²) in [5, 5.41) is 8.50. The fourth-order valence-corrected chi connectivity index (χ4v) is 5.00. The van der Waals surface area contributed by atoms with Crippen molar-refractivity contribution in [3.63, 3.8) is 0 Å². The predicted molar refractivity (Wildman–Crippen MR) is 124 cm³/mol. The lowest BCUT2D eigenvalue weighted by atomic mass is 10.1. The van der Waals surface area contributed by atoms with Gasteiger partial charge in [-0.1, -0.05) is 0 Å². The summed E-state index contributed by atoms with van der Waals surface area (Å²) in [4.78, 5) is 4.72. The Hall–Kier alpha value is -3.52. The van der Waals surface area contributed by atoms with E-state index in [0.717, 1.165) is 42.5 Å². The van der Waals surface area contributed by atoms with Gasteiger partial charge in [-0.3, -0.25) is 4.57 Å². The third-order valence-electron chi connectivity index (χ3n) is 6.84. The van der Waals surface area contributed by atoms with Crippen LogP contribution in [0, 0.1) is 11.6 Å². The molecule has 6 nitrogen and oxygen atoms in total. The van der Waals surface area contributed by atoms with Gasteiger partial charge < -0.3 is 14.4 Å². The molecule has 1 atom stereocenters. The highest BCUT2D eigenvalue weighted by Gasteiger charge is 2.27. The third-order valence-corrected chi connectivity index (χ3v) is 6.84. The molecule has 33 heavy (non-hydrogen) atoms. The van der Waals surface area contributed by atoms with Gasteiger partial charge in [-0.25, -0.2) is 8.78 Å². The van der Waals surface area contributed by atoms with Gasteiger partial charge in [-0.2, -0.15) is 0 Å². The van der Waals surface area contributed by atoms with E-state index in [1.807, 2.05) is 16.8 Å². The van der Waals surface area contributed by atoms with E-state index in [1.54, 1.807) is 6.33 Å². The van der Waals surface area contributed by atoms with E-state index in [4.69, 9.17) is 0 Å². The highest BCUT2D eigenvalue weighted by atomic mass is 19.1. The molecule has 0 N–H and O–H groups in total. The lowest BCUT2D eigenvalue weighted by Gasteiger charge is -2.23. The van der Waals surface area contributed by atoms with Gasteiger partial charge >= 0.3 is 0 Å². The molecule has 0 unspecified atom stereocenters. The second-order valence-corrected chi connectivity index (χ2v) is 9.06. The van der Waals surface area contributed by atoms with Gasteiger partial charge in [0, 0.05) is 54.8 Å². The van der Waals surface area contributed by atoms with Crippen LogP contribution in [0.1, 0.15) is 12.0 Å². The number of likely N-dealkylation sites (N-methyl/N-ethyl adjacent to an activating group) is 1. The van der Waals surface area contributed by atoms with Gasteiger partial charge in [-0.15, -0.1) is 10.2 Å². The summed E-state index contributed by atoms with van der Waals surface area (Å²) >= 11 is 0. The Labute approximate surface area is 190 Å². The van der Waals surface area contributed by atoms with Gasteiger partial charge in [0.1, 0.15) is 18.0 Å². The number of aromatic nitrogens is 4. The van der Waals surface area contributed by atoms with E-state index >= 15 is 0 Å². The number of anilines is 1. The molecule has 0 aliphatic carbocycles. The second kappa shape index (κ2) is 7.52. The Morgan fingerprint density at radius 2 is 1.94 bits per heavy atom. The largest absolute Gasteiger partial charge is 0.370 e. The molecule has 0 amide bonds. The van der Waals surface area contributed by atoms with Crippen molar-refractivity contribution >= 4 is 5.69 Å². The smallest absolute Gasteiger partial charge is 0.185 e. The van der Waals surface area contributed by atoms with E-state index in [9.17, 15) is 8.78 Å². The van der Waals surface area contributed by atoms with Crippen LogP contribution in [0.3, 0.4) is 0 Å². The number of benzene rings is 2. The predicted octanol–water partition coefficient (Wildman–Crippen LogP) is 4.18. The molecule has 4 aromatic rings. The van der Waals surface area contributed by atoms with E-state index in [0.29, 0.717) is 29.5 Å². The molecular weight excluding hydrogens is 422 g/mol. The number of fused-ring (bicyclic) bond motifs is 5. The van der Waals surface area contributed by atoms with Gasteiger partial charge in [-0.05, 0) is 62.5 Å². The average molecular weight is 447 g/mol. The van der Waals surface area contributed by atoms with Crippen LogP contribution in [0.15, 0.2) is 55.0 Å². The number of nitrogens with zero attached hydrogens (tertiary/aromatic N) is 6. The minimum absolute atomic E-state index is 0.365. The van der Waals surface area contributed by atoms with Crippen LogP contribution in [0.2, 0.25) is 0 Å². The van der Waals surface area contributed by atoms with Crippen molar-refractivity contribution < 1.29 is 8.78 Å². The van der Waals surface area contributed by atoms with Gasteiger partial charge in [0.05, 0.1) is 11.4 Å². The molecule has 2 aliphatic rings. The first-order valence-corrected chi connectivity index (χ1v) is 11.1. The molecule has 0 bridgehead atoms. The van der Waals surface area contributed by atoms with Crippen LogP contribution < -0.4 is 4.90 Å². The maximum atomic E-state index is 14.5. The molecule has 4 heterocycles. The molecule has 6 rings (SSSR count). The molecule has 2 aliphatic heterocycles. The molecule has 0 radical (unpaired) electrons. The summed E-state index contributed by atoms with van der Waals surface area (Å²) < 4.78 is 32.0. The quantitative estimate of drug-likeness (QED) is 0.417. The Balaban J connectivity index is 1.42. The first-order valence-electron chi connectivity index (χ1n) is 11.1. The fraction of sp³-hybridized carbons (Fsp3) is 0.280. The van der Waals surface area contributed by atoms with Crippen molar-refractivity contribution in [3.8, 4) is 28.3 Å². The van der Waals surface area contributed by atoms with Gasteiger partial charge in [0.25, 0.3) is 0 Å². The van der Waals surface area contributed by atoms with Gasteiger partial charge in [0.15, 0.2) is 5.82 Å². The summed E-state index contributed by atoms with van der Waals surface area (Å²) in [5.41, 5.74) is 5.28. The Morgan fingerprint density at radius 3 is 2.73 bits per heavy atom. The molecule has 8 heteroatoms. The Kier molecular flexibility index (Phi) is 4.58.